The Morgan fingerprint density at radius 2 is 1.52 bits per heavy atom. The average molecular weight is 567 g/mol. The number of nitrogens with zero attached hydrogens (tertiary/aromatic N) is 2. The van der Waals surface area contributed by atoms with Gasteiger partial charge >= 0.3 is 5.97 Å². The summed E-state index contributed by atoms with van der Waals surface area (Å²) in [4.78, 5) is 20.1. The highest BCUT2D eigenvalue weighted by molar-refractivity contribution is 5.87. The van der Waals surface area contributed by atoms with Crippen LogP contribution in [0.25, 0.3) is 33.4 Å². The number of aromatic nitrogens is 2. The van der Waals surface area contributed by atoms with Crippen molar-refractivity contribution >= 4 is 16.7 Å². The molecule has 0 aliphatic rings. The Balaban J connectivity index is 1.38. The second-order valence-corrected chi connectivity index (χ2v) is 9.80. The molecule has 214 valence electrons. The van der Waals surface area contributed by atoms with Crippen LogP contribution in [0.1, 0.15) is 31.2 Å². The van der Waals surface area contributed by atoms with E-state index in [1.54, 1.807) is 31.4 Å². The minimum atomic E-state index is -0.769. The molecule has 5 aromatic rings. The molecule has 0 bridgehead atoms. The molecular formula is C34H31FN2O5. The molecule has 0 aliphatic heterocycles. The number of methoxy groups -OCH3 is 1. The molecular weight excluding hydrogens is 535 g/mol. The molecule has 0 unspecified atom stereocenters. The van der Waals surface area contributed by atoms with Crippen LogP contribution in [0.2, 0.25) is 0 Å². The number of hydrogen-bond acceptors (Lipinski definition) is 6. The molecule has 0 atom stereocenters. The van der Waals surface area contributed by atoms with Crippen molar-refractivity contribution < 1.29 is 28.5 Å². The fourth-order valence-corrected chi connectivity index (χ4v) is 4.50. The summed E-state index contributed by atoms with van der Waals surface area (Å²) < 4.78 is 31.4. The van der Waals surface area contributed by atoms with Crippen molar-refractivity contribution in [1.29, 1.82) is 0 Å². The molecule has 0 aliphatic carbocycles. The van der Waals surface area contributed by atoms with Crippen LogP contribution in [-0.2, 0) is 11.4 Å². The SMILES string of the molecule is COc1ccc(-c2cc(OCc3ccccc3F)nc(-c3ccc4cc(OCCCCCC(=O)O)ccc4c3)n2)cc1. The van der Waals surface area contributed by atoms with Crippen LogP contribution in [0.15, 0.2) is 91.0 Å². The summed E-state index contributed by atoms with van der Waals surface area (Å²) in [6.45, 7) is 0.566. The Morgan fingerprint density at radius 3 is 2.31 bits per heavy atom. The molecule has 0 saturated carbocycles. The second-order valence-electron chi connectivity index (χ2n) is 9.80. The van der Waals surface area contributed by atoms with Gasteiger partial charge < -0.3 is 19.3 Å². The Morgan fingerprint density at radius 1 is 0.786 bits per heavy atom. The molecule has 42 heavy (non-hydrogen) atoms. The number of ether oxygens (including phenoxy) is 3. The van der Waals surface area contributed by atoms with Crippen LogP contribution in [0.5, 0.6) is 17.4 Å². The smallest absolute Gasteiger partial charge is 0.303 e. The van der Waals surface area contributed by atoms with Crippen molar-refractivity contribution in [3.8, 4) is 40.0 Å². The van der Waals surface area contributed by atoms with Gasteiger partial charge in [-0.25, -0.2) is 9.37 Å². The molecule has 1 aromatic heterocycles. The van der Waals surface area contributed by atoms with Gasteiger partial charge in [0.15, 0.2) is 5.82 Å². The Labute approximate surface area is 243 Å². The summed E-state index contributed by atoms with van der Waals surface area (Å²) in [7, 11) is 1.62. The second kappa shape index (κ2) is 13.6. The van der Waals surface area contributed by atoms with E-state index in [0.717, 1.165) is 46.2 Å². The summed E-state index contributed by atoms with van der Waals surface area (Å²) in [6, 6.07) is 27.6. The van der Waals surface area contributed by atoms with Crippen molar-refractivity contribution in [2.75, 3.05) is 13.7 Å². The molecule has 1 N–H and O–H groups in total. The van der Waals surface area contributed by atoms with Crippen LogP contribution < -0.4 is 14.2 Å². The van der Waals surface area contributed by atoms with Crippen molar-refractivity contribution in [2.24, 2.45) is 0 Å². The highest BCUT2D eigenvalue weighted by Crippen LogP contribution is 2.30. The predicted octanol–water partition coefficient (Wildman–Crippen LogP) is 7.71. The molecule has 1 heterocycles. The Hall–Kier alpha value is -4.98. The molecule has 0 radical (unpaired) electrons. The van der Waals surface area contributed by atoms with Gasteiger partial charge in [-0.15, -0.1) is 0 Å². The summed E-state index contributed by atoms with van der Waals surface area (Å²) >= 11 is 0. The Bertz CT molecular complexity index is 1670. The van der Waals surface area contributed by atoms with E-state index >= 15 is 0 Å². The van der Waals surface area contributed by atoms with E-state index in [1.165, 1.54) is 6.07 Å². The van der Waals surface area contributed by atoms with Gasteiger partial charge in [0.1, 0.15) is 23.9 Å². The highest BCUT2D eigenvalue weighted by Gasteiger charge is 2.12. The number of carboxylic acid groups (broad SMARTS) is 1. The number of hydrogen-bond donors (Lipinski definition) is 1. The maximum Gasteiger partial charge on any atom is 0.303 e. The van der Waals surface area contributed by atoms with Gasteiger partial charge in [-0.05, 0) is 78.6 Å². The van der Waals surface area contributed by atoms with Gasteiger partial charge in [0.2, 0.25) is 5.88 Å². The third-order valence-electron chi connectivity index (χ3n) is 6.80. The molecule has 7 nitrogen and oxygen atoms in total. The van der Waals surface area contributed by atoms with Crippen molar-refractivity contribution in [3.63, 3.8) is 0 Å². The lowest BCUT2D eigenvalue weighted by Gasteiger charge is -2.12. The topological polar surface area (TPSA) is 90.8 Å². The third kappa shape index (κ3) is 7.40. The number of rotatable bonds is 13. The van der Waals surface area contributed by atoms with E-state index in [9.17, 15) is 9.18 Å². The van der Waals surface area contributed by atoms with E-state index in [4.69, 9.17) is 24.3 Å². The summed E-state index contributed by atoms with van der Waals surface area (Å²) in [6.07, 6.45) is 2.44. The number of unbranched alkanes of at least 4 members (excludes halogenated alkanes) is 2. The van der Waals surface area contributed by atoms with Crippen LogP contribution >= 0.6 is 0 Å². The first-order valence-electron chi connectivity index (χ1n) is 13.8. The third-order valence-corrected chi connectivity index (χ3v) is 6.80. The molecule has 4 aromatic carbocycles. The van der Waals surface area contributed by atoms with Gasteiger partial charge in [-0.3, -0.25) is 4.79 Å². The lowest BCUT2D eigenvalue weighted by molar-refractivity contribution is -0.137. The predicted molar refractivity (Wildman–Crippen MR) is 159 cm³/mol. The number of carbonyl (C=O) groups is 1. The maximum atomic E-state index is 14.2. The molecule has 0 saturated heterocycles. The van der Waals surface area contributed by atoms with Crippen molar-refractivity contribution in [2.45, 2.75) is 32.3 Å². The average Bonchev–Trinajstić information content (AvgIpc) is 3.01. The number of benzene rings is 4. The monoisotopic (exact) mass is 566 g/mol. The minimum Gasteiger partial charge on any atom is -0.497 e. The van der Waals surface area contributed by atoms with E-state index in [0.29, 0.717) is 36.0 Å². The standard InChI is InChI=1S/C34H31FN2O5/c1-40-28-15-12-23(13-16-28)31-21-32(42-22-27-7-4-5-8-30(27)35)37-34(36-31)26-11-10-25-20-29(17-14-24(25)19-26)41-18-6-2-3-9-33(38)39/h4-5,7-8,10-17,19-21H,2-3,6,9,18,22H2,1H3,(H,38,39). The summed E-state index contributed by atoms with van der Waals surface area (Å²) in [5.41, 5.74) is 2.77. The number of aliphatic carboxylic acids is 1. The van der Waals surface area contributed by atoms with E-state index in [-0.39, 0.29) is 18.8 Å². The van der Waals surface area contributed by atoms with Crippen molar-refractivity contribution in [3.05, 3.63) is 102 Å². The van der Waals surface area contributed by atoms with E-state index in [1.807, 2.05) is 60.7 Å². The van der Waals surface area contributed by atoms with Crippen molar-refractivity contribution in [1.82, 2.24) is 9.97 Å². The van der Waals surface area contributed by atoms with Gasteiger partial charge in [0.05, 0.1) is 19.4 Å². The zero-order valence-electron chi connectivity index (χ0n) is 23.3. The fraction of sp³-hybridized carbons (Fsp3) is 0.206. The zero-order valence-corrected chi connectivity index (χ0v) is 23.3. The molecule has 0 fully saturated rings. The minimum absolute atomic E-state index is 0.0330. The quantitative estimate of drug-likeness (QED) is 0.146. The molecule has 5 rings (SSSR count). The highest BCUT2D eigenvalue weighted by atomic mass is 19.1. The largest absolute Gasteiger partial charge is 0.497 e. The summed E-state index contributed by atoms with van der Waals surface area (Å²) in [5.74, 6) is 1.21. The number of carboxylic acids is 1. The first kappa shape index (κ1) is 28.5. The molecule has 0 spiro atoms. The first-order chi connectivity index (χ1) is 20.5. The Kier molecular flexibility index (Phi) is 9.23. The van der Waals surface area contributed by atoms with Gasteiger partial charge in [0.25, 0.3) is 0 Å². The normalized spacial score (nSPS) is 10.9. The maximum absolute atomic E-state index is 14.2. The fourth-order valence-electron chi connectivity index (χ4n) is 4.50. The number of halogens is 1. The van der Waals surface area contributed by atoms with Crippen LogP contribution in [0.4, 0.5) is 4.39 Å². The van der Waals surface area contributed by atoms with Gasteiger partial charge in [-0.1, -0.05) is 36.4 Å². The lowest BCUT2D eigenvalue weighted by atomic mass is 10.1. The lowest BCUT2D eigenvalue weighted by Crippen LogP contribution is -2.02. The zero-order chi connectivity index (χ0) is 29.3. The van der Waals surface area contributed by atoms with Crippen LogP contribution in [-0.4, -0.2) is 34.8 Å². The van der Waals surface area contributed by atoms with Gasteiger partial charge in [-0.2, -0.15) is 4.98 Å². The van der Waals surface area contributed by atoms with E-state index < -0.39 is 5.97 Å². The van der Waals surface area contributed by atoms with Gasteiger partial charge in [0, 0.05) is 29.2 Å². The molecule has 8 heteroatoms. The van der Waals surface area contributed by atoms with E-state index in [2.05, 4.69) is 4.98 Å². The van der Waals surface area contributed by atoms with Crippen LogP contribution in [0, 0.1) is 5.82 Å². The van der Waals surface area contributed by atoms with Crippen LogP contribution in [0.3, 0.4) is 0 Å². The first-order valence-corrected chi connectivity index (χ1v) is 13.8. The molecule has 0 amide bonds. The number of fused-ring (bicyclic) bond motifs is 1. The summed E-state index contributed by atoms with van der Waals surface area (Å²) in [5, 5.41) is 10.8.